The van der Waals surface area contributed by atoms with E-state index in [2.05, 4.69) is 15.3 Å². The number of fused-ring (bicyclic) bond motifs is 1. The average molecular weight is 373 g/mol. The number of amides is 1. The van der Waals surface area contributed by atoms with Gasteiger partial charge in [-0.1, -0.05) is 11.6 Å². The number of hydrogen-bond acceptors (Lipinski definition) is 4. The van der Waals surface area contributed by atoms with E-state index in [1.54, 1.807) is 12.1 Å². The monoisotopic (exact) mass is 372 g/mol. The SMILES string of the molecule is C[C@@]1(c2cc(NC(=O)c3ccc(Cl)cn3)ccc2F)C[C@@H]2C[C@@H]2C(N)=N1. The van der Waals surface area contributed by atoms with E-state index in [0.29, 0.717) is 33.9 Å². The molecule has 0 radical (unpaired) electrons. The highest BCUT2D eigenvalue weighted by Gasteiger charge is 2.49. The van der Waals surface area contributed by atoms with Crippen molar-refractivity contribution in [3.05, 3.63) is 58.6 Å². The number of amidine groups is 1. The maximum Gasteiger partial charge on any atom is 0.274 e. The third kappa shape index (κ3) is 3.05. The Bertz CT molecular complexity index is 914. The van der Waals surface area contributed by atoms with Gasteiger partial charge in [-0.2, -0.15) is 0 Å². The first-order chi connectivity index (χ1) is 12.4. The van der Waals surface area contributed by atoms with E-state index >= 15 is 0 Å². The minimum atomic E-state index is -0.717. The topological polar surface area (TPSA) is 80.4 Å². The van der Waals surface area contributed by atoms with Crippen LogP contribution in [0.25, 0.3) is 0 Å². The van der Waals surface area contributed by atoms with Gasteiger partial charge in [0.25, 0.3) is 5.91 Å². The molecule has 7 heteroatoms. The number of aliphatic imine (C=N–C) groups is 1. The van der Waals surface area contributed by atoms with Crippen LogP contribution in [0.1, 0.15) is 35.8 Å². The highest BCUT2D eigenvalue weighted by Crippen LogP contribution is 2.52. The molecule has 2 aliphatic rings. The average Bonchev–Trinajstić information content (AvgIpc) is 3.36. The summed E-state index contributed by atoms with van der Waals surface area (Å²) in [7, 11) is 0. The second kappa shape index (κ2) is 6.06. The third-order valence-corrected chi connectivity index (χ3v) is 5.33. The van der Waals surface area contributed by atoms with Gasteiger partial charge in [0.1, 0.15) is 11.5 Å². The molecule has 26 heavy (non-hydrogen) atoms. The molecular weight excluding hydrogens is 355 g/mol. The number of carbonyl (C=O) groups excluding carboxylic acids is 1. The lowest BCUT2D eigenvalue weighted by atomic mass is 9.84. The van der Waals surface area contributed by atoms with Gasteiger partial charge in [0.15, 0.2) is 0 Å². The van der Waals surface area contributed by atoms with Crippen LogP contribution in [0.15, 0.2) is 41.5 Å². The lowest BCUT2D eigenvalue weighted by Crippen LogP contribution is -2.32. The summed E-state index contributed by atoms with van der Waals surface area (Å²) in [5.74, 6) is 0.672. The molecule has 4 rings (SSSR count). The second-order valence-corrected chi connectivity index (χ2v) is 7.56. The first-order valence-corrected chi connectivity index (χ1v) is 8.82. The molecule has 1 fully saturated rings. The number of carbonyl (C=O) groups is 1. The van der Waals surface area contributed by atoms with E-state index in [1.165, 1.54) is 24.4 Å². The normalized spacial score (nSPS) is 26.7. The molecule has 2 aromatic rings. The number of nitrogens with two attached hydrogens (primary N) is 1. The van der Waals surface area contributed by atoms with Crippen molar-refractivity contribution in [1.82, 2.24) is 4.98 Å². The minimum Gasteiger partial charge on any atom is -0.387 e. The van der Waals surface area contributed by atoms with Crippen molar-refractivity contribution in [2.24, 2.45) is 22.6 Å². The Morgan fingerprint density at radius 2 is 2.19 bits per heavy atom. The number of halogens is 2. The number of hydrogen-bond donors (Lipinski definition) is 2. The molecule has 1 aliphatic heterocycles. The second-order valence-electron chi connectivity index (χ2n) is 7.13. The molecule has 1 aliphatic carbocycles. The van der Waals surface area contributed by atoms with Crippen molar-refractivity contribution >= 4 is 29.0 Å². The molecular formula is C19H18ClFN4O. The Morgan fingerprint density at radius 1 is 1.38 bits per heavy atom. The molecule has 3 N–H and O–H groups in total. The van der Waals surface area contributed by atoms with E-state index < -0.39 is 11.4 Å². The van der Waals surface area contributed by atoms with Crippen molar-refractivity contribution in [2.75, 3.05) is 5.32 Å². The van der Waals surface area contributed by atoms with Gasteiger partial charge < -0.3 is 11.1 Å². The summed E-state index contributed by atoms with van der Waals surface area (Å²) < 4.78 is 14.5. The lowest BCUT2D eigenvalue weighted by molar-refractivity contribution is 0.102. The van der Waals surface area contributed by atoms with Crippen LogP contribution in [0.2, 0.25) is 5.02 Å². The fourth-order valence-corrected chi connectivity index (χ4v) is 3.76. The minimum absolute atomic E-state index is 0.229. The Balaban J connectivity index is 1.61. The van der Waals surface area contributed by atoms with E-state index in [9.17, 15) is 9.18 Å². The summed E-state index contributed by atoms with van der Waals surface area (Å²) in [6.45, 7) is 1.89. The molecule has 134 valence electrons. The number of pyridine rings is 1. The number of benzene rings is 1. The van der Waals surface area contributed by atoms with Crippen molar-refractivity contribution < 1.29 is 9.18 Å². The number of aromatic nitrogens is 1. The summed E-state index contributed by atoms with van der Waals surface area (Å²) in [5.41, 5.74) is 6.46. The molecule has 3 atom stereocenters. The van der Waals surface area contributed by atoms with Crippen LogP contribution in [-0.4, -0.2) is 16.7 Å². The predicted octanol–water partition coefficient (Wildman–Crippen LogP) is 3.74. The number of nitrogens with one attached hydrogen (secondary N) is 1. The molecule has 1 amide bonds. The Hall–Kier alpha value is -2.47. The summed E-state index contributed by atoms with van der Waals surface area (Å²) in [6, 6.07) is 7.61. The molecule has 1 aromatic heterocycles. The van der Waals surface area contributed by atoms with Gasteiger partial charge in [-0.25, -0.2) is 9.37 Å². The van der Waals surface area contributed by atoms with Gasteiger partial charge in [0, 0.05) is 23.4 Å². The maximum absolute atomic E-state index is 14.5. The quantitative estimate of drug-likeness (QED) is 0.861. The van der Waals surface area contributed by atoms with Crippen LogP contribution in [-0.2, 0) is 5.54 Å². The van der Waals surface area contributed by atoms with Gasteiger partial charge in [-0.3, -0.25) is 9.79 Å². The van der Waals surface area contributed by atoms with Crippen LogP contribution < -0.4 is 11.1 Å². The van der Waals surface area contributed by atoms with Gasteiger partial charge in [0.05, 0.1) is 16.4 Å². The fourth-order valence-electron chi connectivity index (χ4n) is 3.65. The summed E-state index contributed by atoms with van der Waals surface area (Å²) in [5, 5.41) is 3.19. The molecule has 5 nitrogen and oxygen atoms in total. The Kier molecular flexibility index (Phi) is 3.95. The largest absolute Gasteiger partial charge is 0.387 e. The van der Waals surface area contributed by atoms with Crippen molar-refractivity contribution in [2.45, 2.75) is 25.3 Å². The zero-order valence-corrected chi connectivity index (χ0v) is 14.9. The van der Waals surface area contributed by atoms with E-state index in [4.69, 9.17) is 17.3 Å². The fraction of sp³-hybridized carbons (Fsp3) is 0.316. The van der Waals surface area contributed by atoms with Crippen molar-refractivity contribution in [3.8, 4) is 0 Å². The summed E-state index contributed by atoms with van der Waals surface area (Å²) >= 11 is 5.78. The highest BCUT2D eigenvalue weighted by atomic mass is 35.5. The number of nitrogens with zero attached hydrogens (tertiary/aromatic N) is 2. The zero-order valence-electron chi connectivity index (χ0n) is 14.2. The molecule has 1 saturated carbocycles. The standard InChI is InChI=1S/C19H18ClFN4O/c1-19(8-10-6-13(10)17(22)25-19)14-7-12(3-4-15(14)21)24-18(26)16-5-2-11(20)9-23-16/h2-5,7,9-10,13H,6,8H2,1H3,(H2,22,25)(H,24,26)/t10-,13-,19-/m0/s1. The lowest BCUT2D eigenvalue weighted by Gasteiger charge is -2.30. The molecule has 0 unspecified atom stereocenters. The zero-order chi connectivity index (χ0) is 18.5. The first-order valence-electron chi connectivity index (χ1n) is 8.44. The van der Waals surface area contributed by atoms with Gasteiger partial charge in [0.2, 0.25) is 0 Å². The Labute approximate surface area is 155 Å². The van der Waals surface area contributed by atoms with E-state index in [0.717, 1.165) is 12.8 Å². The highest BCUT2D eigenvalue weighted by molar-refractivity contribution is 6.30. The smallest absolute Gasteiger partial charge is 0.274 e. The molecule has 0 bridgehead atoms. The van der Waals surface area contributed by atoms with Crippen molar-refractivity contribution in [1.29, 1.82) is 0 Å². The van der Waals surface area contributed by atoms with E-state index in [1.807, 2.05) is 6.92 Å². The molecule has 2 heterocycles. The van der Waals surface area contributed by atoms with Gasteiger partial charge >= 0.3 is 0 Å². The van der Waals surface area contributed by atoms with Crippen LogP contribution in [0.3, 0.4) is 0 Å². The first kappa shape index (κ1) is 17.0. The van der Waals surface area contributed by atoms with Crippen LogP contribution in [0.4, 0.5) is 10.1 Å². The van der Waals surface area contributed by atoms with Crippen LogP contribution in [0.5, 0.6) is 0 Å². The molecule has 0 spiro atoms. The van der Waals surface area contributed by atoms with E-state index in [-0.39, 0.29) is 11.5 Å². The third-order valence-electron chi connectivity index (χ3n) is 5.10. The number of rotatable bonds is 3. The van der Waals surface area contributed by atoms with Crippen LogP contribution >= 0.6 is 11.6 Å². The molecule has 0 saturated heterocycles. The summed E-state index contributed by atoms with van der Waals surface area (Å²) in [4.78, 5) is 20.9. The molecule has 1 aromatic carbocycles. The summed E-state index contributed by atoms with van der Waals surface area (Å²) in [6.07, 6.45) is 3.18. The van der Waals surface area contributed by atoms with Gasteiger partial charge in [-0.15, -0.1) is 0 Å². The van der Waals surface area contributed by atoms with Crippen molar-refractivity contribution in [3.63, 3.8) is 0 Å². The maximum atomic E-state index is 14.5. The predicted molar refractivity (Wildman–Crippen MR) is 98.8 cm³/mol. The van der Waals surface area contributed by atoms with Crippen LogP contribution in [0, 0.1) is 17.7 Å². The van der Waals surface area contributed by atoms with Gasteiger partial charge in [-0.05, 0) is 56.0 Å². The Morgan fingerprint density at radius 3 is 2.88 bits per heavy atom. The number of anilines is 1.